The molecule has 0 radical (unpaired) electrons. The van der Waals surface area contributed by atoms with Gasteiger partial charge in [0.15, 0.2) is 0 Å². The molecule has 4 N–H and O–H groups in total. The number of halogens is 1. The summed E-state index contributed by atoms with van der Waals surface area (Å²) in [7, 11) is 0. The number of benzene rings is 1. The van der Waals surface area contributed by atoms with Crippen LogP contribution in [0.2, 0.25) is 0 Å². The van der Waals surface area contributed by atoms with Crippen LogP contribution in [-0.2, 0) is 4.79 Å². The second-order valence-corrected chi connectivity index (χ2v) is 7.16. The lowest BCUT2D eigenvalue weighted by atomic mass is 10.0. The number of hydrogen-bond donors (Lipinski definition) is 2. The summed E-state index contributed by atoms with van der Waals surface area (Å²) in [4.78, 5) is 34.4. The average Bonchev–Trinajstić information content (AvgIpc) is 3.13. The van der Waals surface area contributed by atoms with Crippen LogP contribution >= 0.6 is 0 Å². The molecule has 1 saturated heterocycles. The standard InChI is InChI=1S/C21H21FN6O2/c1-2-16(29)27-9-4-3-5-15(27)21-26-17(18-19(23)25-8-10-28(18)21)12-6-7-13(20(24)30)14(22)11-12/h2,6-8,10-11,15H,1,3-5,9H2,(H2,23,25)(H2,24,30)/t15-/m0/s1. The quantitative estimate of drug-likeness (QED) is 0.643. The molecule has 1 atom stereocenters. The van der Waals surface area contributed by atoms with Crippen molar-refractivity contribution in [2.24, 2.45) is 5.73 Å². The van der Waals surface area contributed by atoms with Crippen molar-refractivity contribution >= 4 is 23.1 Å². The van der Waals surface area contributed by atoms with Crippen molar-refractivity contribution in [1.29, 1.82) is 0 Å². The summed E-state index contributed by atoms with van der Waals surface area (Å²) < 4.78 is 16.2. The van der Waals surface area contributed by atoms with E-state index in [1.165, 1.54) is 18.2 Å². The van der Waals surface area contributed by atoms with Crippen LogP contribution in [0, 0.1) is 5.82 Å². The molecule has 0 aliphatic carbocycles. The highest BCUT2D eigenvalue weighted by Crippen LogP contribution is 2.36. The summed E-state index contributed by atoms with van der Waals surface area (Å²) in [6, 6.07) is 3.81. The van der Waals surface area contributed by atoms with E-state index >= 15 is 0 Å². The number of likely N-dealkylation sites (tertiary alicyclic amines) is 1. The van der Waals surface area contributed by atoms with E-state index in [0.717, 1.165) is 19.3 Å². The fourth-order valence-corrected chi connectivity index (χ4v) is 3.97. The number of carbonyl (C=O) groups excluding carboxylic acids is 2. The molecule has 1 aromatic carbocycles. The van der Waals surface area contributed by atoms with Crippen LogP contribution in [0.1, 0.15) is 41.5 Å². The van der Waals surface area contributed by atoms with E-state index in [1.807, 2.05) is 0 Å². The molecule has 2 amide bonds. The van der Waals surface area contributed by atoms with E-state index in [2.05, 4.69) is 11.6 Å². The van der Waals surface area contributed by atoms with Gasteiger partial charge < -0.3 is 16.4 Å². The summed E-state index contributed by atoms with van der Waals surface area (Å²) >= 11 is 0. The third-order valence-electron chi connectivity index (χ3n) is 5.38. The Kier molecular flexibility index (Phi) is 4.94. The molecule has 2 aromatic heterocycles. The Hall–Kier alpha value is -3.75. The summed E-state index contributed by atoms with van der Waals surface area (Å²) in [5.74, 6) is -0.925. The smallest absolute Gasteiger partial charge is 0.251 e. The molecule has 4 rings (SSSR count). The zero-order valence-electron chi connectivity index (χ0n) is 16.2. The van der Waals surface area contributed by atoms with Gasteiger partial charge in [-0.1, -0.05) is 12.6 Å². The highest BCUT2D eigenvalue weighted by Gasteiger charge is 2.31. The van der Waals surface area contributed by atoms with Crippen molar-refractivity contribution in [3.05, 3.63) is 60.5 Å². The van der Waals surface area contributed by atoms with E-state index < -0.39 is 11.7 Å². The highest BCUT2D eigenvalue weighted by atomic mass is 19.1. The molecule has 154 valence electrons. The van der Waals surface area contributed by atoms with Gasteiger partial charge in [0.1, 0.15) is 28.7 Å². The molecule has 9 heteroatoms. The van der Waals surface area contributed by atoms with Crippen molar-refractivity contribution in [2.75, 3.05) is 12.3 Å². The summed E-state index contributed by atoms with van der Waals surface area (Å²) in [6.07, 6.45) is 7.14. The largest absolute Gasteiger partial charge is 0.382 e. The van der Waals surface area contributed by atoms with E-state index in [9.17, 15) is 14.0 Å². The van der Waals surface area contributed by atoms with Gasteiger partial charge in [-0.15, -0.1) is 0 Å². The zero-order chi connectivity index (χ0) is 21.4. The first-order chi connectivity index (χ1) is 14.4. The number of anilines is 1. The first kappa shape index (κ1) is 19.6. The first-order valence-electron chi connectivity index (χ1n) is 9.57. The number of primary amides is 1. The van der Waals surface area contributed by atoms with Gasteiger partial charge >= 0.3 is 0 Å². The Morgan fingerprint density at radius 3 is 2.80 bits per heavy atom. The number of nitrogens with zero attached hydrogens (tertiary/aromatic N) is 4. The number of nitrogen functional groups attached to an aromatic ring is 1. The molecule has 1 aliphatic heterocycles. The Labute approximate surface area is 172 Å². The topological polar surface area (TPSA) is 120 Å². The SMILES string of the molecule is C=CC(=O)N1CCCC[C@H]1c1nc(-c2ccc(C(N)=O)c(F)c2)c2c(N)nccn12. The van der Waals surface area contributed by atoms with E-state index in [1.54, 1.807) is 27.8 Å². The average molecular weight is 408 g/mol. The van der Waals surface area contributed by atoms with Crippen molar-refractivity contribution < 1.29 is 14.0 Å². The van der Waals surface area contributed by atoms with E-state index in [-0.39, 0.29) is 23.3 Å². The minimum atomic E-state index is -0.851. The Bertz CT molecular complexity index is 1170. The number of nitrogens with two attached hydrogens (primary N) is 2. The fourth-order valence-electron chi connectivity index (χ4n) is 3.97. The molecule has 0 spiro atoms. The van der Waals surface area contributed by atoms with Crippen LogP contribution in [0.4, 0.5) is 10.2 Å². The molecule has 1 aliphatic rings. The van der Waals surface area contributed by atoms with Crippen LogP contribution in [0.5, 0.6) is 0 Å². The summed E-state index contributed by atoms with van der Waals surface area (Å²) in [6.45, 7) is 4.20. The number of fused-ring (bicyclic) bond motifs is 1. The van der Waals surface area contributed by atoms with Gasteiger partial charge in [0, 0.05) is 24.5 Å². The molecule has 1 fully saturated rings. The van der Waals surface area contributed by atoms with Crippen molar-refractivity contribution in [1.82, 2.24) is 19.3 Å². The van der Waals surface area contributed by atoms with Crippen LogP contribution < -0.4 is 11.5 Å². The van der Waals surface area contributed by atoms with Gasteiger partial charge in [-0.3, -0.25) is 14.0 Å². The molecule has 3 heterocycles. The minimum Gasteiger partial charge on any atom is -0.382 e. The predicted octanol–water partition coefficient (Wildman–Crippen LogP) is 2.46. The fraction of sp³-hybridized carbons (Fsp3) is 0.238. The molecule has 0 bridgehead atoms. The lowest BCUT2D eigenvalue weighted by Gasteiger charge is -2.34. The zero-order valence-corrected chi connectivity index (χ0v) is 16.2. The summed E-state index contributed by atoms with van der Waals surface area (Å²) in [5.41, 5.74) is 12.5. The number of piperidine rings is 1. The number of hydrogen-bond acceptors (Lipinski definition) is 5. The third-order valence-corrected chi connectivity index (χ3v) is 5.38. The van der Waals surface area contributed by atoms with Gasteiger partial charge in [0.05, 0.1) is 11.6 Å². The molecule has 0 unspecified atom stereocenters. The van der Waals surface area contributed by atoms with E-state index in [4.69, 9.17) is 16.5 Å². The maximum atomic E-state index is 14.4. The van der Waals surface area contributed by atoms with Crippen molar-refractivity contribution in [2.45, 2.75) is 25.3 Å². The first-order valence-corrected chi connectivity index (χ1v) is 9.57. The van der Waals surface area contributed by atoms with Gasteiger partial charge in [-0.2, -0.15) is 0 Å². The normalized spacial score (nSPS) is 16.6. The number of carbonyl (C=O) groups is 2. The lowest BCUT2D eigenvalue weighted by molar-refractivity contribution is -0.129. The van der Waals surface area contributed by atoms with Crippen molar-refractivity contribution in [3.8, 4) is 11.3 Å². The second kappa shape index (κ2) is 7.58. The van der Waals surface area contributed by atoms with E-state index in [0.29, 0.717) is 29.1 Å². The maximum Gasteiger partial charge on any atom is 0.251 e. The molecule has 8 nitrogen and oxygen atoms in total. The second-order valence-electron chi connectivity index (χ2n) is 7.16. The molecule has 0 saturated carbocycles. The number of aromatic nitrogens is 3. The highest BCUT2D eigenvalue weighted by molar-refractivity contribution is 5.94. The maximum absolute atomic E-state index is 14.4. The van der Waals surface area contributed by atoms with Crippen LogP contribution in [0.3, 0.4) is 0 Å². The number of rotatable bonds is 4. The van der Waals surface area contributed by atoms with Crippen LogP contribution in [-0.4, -0.2) is 37.6 Å². The molecular weight excluding hydrogens is 387 g/mol. The van der Waals surface area contributed by atoms with Gasteiger partial charge in [-0.05, 0) is 37.5 Å². The monoisotopic (exact) mass is 408 g/mol. The molecule has 30 heavy (non-hydrogen) atoms. The lowest BCUT2D eigenvalue weighted by Crippen LogP contribution is -2.38. The van der Waals surface area contributed by atoms with Gasteiger partial charge in [0.25, 0.3) is 5.91 Å². The third kappa shape index (κ3) is 3.18. The number of amides is 2. The number of imidazole rings is 1. The molecular formula is C21H21FN6O2. The minimum absolute atomic E-state index is 0.170. The predicted molar refractivity (Wildman–Crippen MR) is 110 cm³/mol. The summed E-state index contributed by atoms with van der Waals surface area (Å²) in [5, 5.41) is 0. The van der Waals surface area contributed by atoms with Gasteiger partial charge in [0.2, 0.25) is 5.91 Å². The Morgan fingerprint density at radius 1 is 1.30 bits per heavy atom. The Morgan fingerprint density at radius 2 is 2.10 bits per heavy atom. The Balaban J connectivity index is 1.91. The van der Waals surface area contributed by atoms with Crippen molar-refractivity contribution in [3.63, 3.8) is 0 Å². The van der Waals surface area contributed by atoms with Crippen LogP contribution in [0.25, 0.3) is 16.8 Å². The van der Waals surface area contributed by atoms with Crippen LogP contribution in [0.15, 0.2) is 43.2 Å². The van der Waals surface area contributed by atoms with Gasteiger partial charge in [-0.25, -0.2) is 14.4 Å². The molecule has 3 aromatic rings.